The quantitative estimate of drug-likeness (QED) is 0.153. The minimum absolute atomic E-state index is 1.19. The van der Waals surface area contributed by atoms with Gasteiger partial charge < -0.3 is 0 Å². The molecule has 0 aliphatic carbocycles. The summed E-state index contributed by atoms with van der Waals surface area (Å²) in [6, 6.07) is 79.8. The van der Waals surface area contributed by atoms with Gasteiger partial charge in [-0.15, -0.1) is 0 Å². The van der Waals surface area contributed by atoms with Gasteiger partial charge >= 0.3 is 0 Å². The smallest absolute Gasteiger partial charge is 0.00199 e. The van der Waals surface area contributed by atoms with Gasteiger partial charge in [0.25, 0.3) is 0 Å². The van der Waals surface area contributed by atoms with Crippen LogP contribution < -0.4 is 0 Å². The van der Waals surface area contributed by atoms with E-state index in [0.717, 1.165) is 0 Å². The zero-order valence-corrected chi connectivity index (χ0v) is 29.8. The van der Waals surface area contributed by atoms with Crippen molar-refractivity contribution < 1.29 is 0 Å². The van der Waals surface area contributed by atoms with Crippen LogP contribution in [0.25, 0.3) is 99.1 Å². The molecule has 10 aromatic rings. The molecule has 0 aliphatic rings. The van der Waals surface area contributed by atoms with Gasteiger partial charge in [0.05, 0.1) is 0 Å². The third-order valence-electron chi connectivity index (χ3n) is 10.9. The van der Waals surface area contributed by atoms with Gasteiger partial charge in [-0.3, -0.25) is 0 Å². The summed E-state index contributed by atoms with van der Waals surface area (Å²) in [6.45, 7) is 0. The highest BCUT2D eigenvalue weighted by Gasteiger charge is 2.20. The van der Waals surface area contributed by atoms with Gasteiger partial charge in [-0.05, 0) is 111 Å². The van der Waals surface area contributed by atoms with E-state index in [1.54, 1.807) is 0 Å². The SMILES string of the molecule is c1ccc(-c2cccc(-c3ccc(-c4ccc(-c5cccc6ccccc56)cc4)cc3-c3c4ccccc4c(-c4ccccc4)c4ccccc34)c2)cc1. The largest absolute Gasteiger partial charge is 0.0622 e. The molecule has 0 atom stereocenters. The molecule has 0 saturated heterocycles. The molecule has 10 rings (SSSR count). The molecule has 0 aliphatic heterocycles. The highest BCUT2D eigenvalue weighted by Crippen LogP contribution is 2.47. The standard InChI is InChI=1S/C54H36/c1-3-15-37(16-4-1)42-21-13-22-44(35-42)47-34-33-43(38-29-31-40(32-30-38)46-28-14-20-39-17-7-8-23-45(39)46)36-52(47)54-50-26-11-9-24-48(50)53(41-18-5-2-6-19-41)49-25-10-12-27-51(49)54/h1-36H. The van der Waals surface area contributed by atoms with E-state index in [2.05, 4.69) is 218 Å². The summed E-state index contributed by atoms with van der Waals surface area (Å²) in [7, 11) is 0. The first-order valence-corrected chi connectivity index (χ1v) is 18.7. The Hall–Kier alpha value is -7.02. The fourth-order valence-electron chi connectivity index (χ4n) is 8.33. The van der Waals surface area contributed by atoms with Crippen LogP contribution in [0.2, 0.25) is 0 Å². The average Bonchev–Trinajstić information content (AvgIpc) is 3.26. The van der Waals surface area contributed by atoms with Crippen molar-refractivity contribution in [2.45, 2.75) is 0 Å². The molecule has 0 nitrogen and oxygen atoms in total. The lowest BCUT2D eigenvalue weighted by molar-refractivity contribution is 1.56. The van der Waals surface area contributed by atoms with Crippen LogP contribution in [0, 0.1) is 0 Å². The van der Waals surface area contributed by atoms with E-state index in [1.165, 1.54) is 99.1 Å². The predicted molar refractivity (Wildman–Crippen MR) is 232 cm³/mol. The molecule has 252 valence electrons. The van der Waals surface area contributed by atoms with Gasteiger partial charge in [0.1, 0.15) is 0 Å². The Balaban J connectivity index is 1.21. The molecule has 0 heterocycles. The third kappa shape index (κ3) is 5.57. The summed E-state index contributed by atoms with van der Waals surface area (Å²) in [5.74, 6) is 0. The maximum atomic E-state index is 2.42. The van der Waals surface area contributed by atoms with Crippen LogP contribution in [0.15, 0.2) is 218 Å². The zero-order chi connectivity index (χ0) is 35.8. The Bertz CT molecular complexity index is 2890. The lowest BCUT2D eigenvalue weighted by Gasteiger charge is -2.21. The van der Waals surface area contributed by atoms with Crippen LogP contribution in [-0.2, 0) is 0 Å². The van der Waals surface area contributed by atoms with Crippen LogP contribution in [0.5, 0.6) is 0 Å². The van der Waals surface area contributed by atoms with E-state index in [0.29, 0.717) is 0 Å². The van der Waals surface area contributed by atoms with Gasteiger partial charge in [-0.1, -0.05) is 206 Å². The van der Waals surface area contributed by atoms with Crippen molar-refractivity contribution in [3.05, 3.63) is 218 Å². The van der Waals surface area contributed by atoms with Gasteiger partial charge in [0.15, 0.2) is 0 Å². The molecule has 0 aromatic heterocycles. The minimum atomic E-state index is 1.19. The van der Waals surface area contributed by atoms with Gasteiger partial charge in [-0.2, -0.15) is 0 Å². The Labute approximate surface area is 316 Å². The molecule has 0 radical (unpaired) electrons. The molecule has 54 heavy (non-hydrogen) atoms. The van der Waals surface area contributed by atoms with Crippen molar-refractivity contribution in [2.24, 2.45) is 0 Å². The van der Waals surface area contributed by atoms with Crippen LogP contribution in [0.4, 0.5) is 0 Å². The summed E-state index contributed by atoms with van der Waals surface area (Å²) >= 11 is 0. The number of rotatable bonds is 6. The number of fused-ring (bicyclic) bond motifs is 3. The van der Waals surface area contributed by atoms with E-state index in [-0.39, 0.29) is 0 Å². The van der Waals surface area contributed by atoms with Crippen LogP contribution in [0.1, 0.15) is 0 Å². The normalized spacial score (nSPS) is 11.3. The van der Waals surface area contributed by atoms with Gasteiger partial charge in [0, 0.05) is 0 Å². The van der Waals surface area contributed by atoms with Crippen molar-refractivity contribution in [3.63, 3.8) is 0 Å². The highest BCUT2D eigenvalue weighted by atomic mass is 14.2. The second-order valence-corrected chi connectivity index (χ2v) is 14.0. The molecule has 0 spiro atoms. The first kappa shape index (κ1) is 31.7. The van der Waals surface area contributed by atoms with Crippen molar-refractivity contribution >= 4 is 32.3 Å². The fourth-order valence-corrected chi connectivity index (χ4v) is 8.33. The molecule has 0 heteroatoms. The Morgan fingerprint density at radius 2 is 0.630 bits per heavy atom. The topological polar surface area (TPSA) is 0 Å². The van der Waals surface area contributed by atoms with E-state index in [9.17, 15) is 0 Å². The molecule has 0 unspecified atom stereocenters. The van der Waals surface area contributed by atoms with Crippen LogP contribution in [0.3, 0.4) is 0 Å². The first-order chi connectivity index (χ1) is 26.8. The van der Waals surface area contributed by atoms with E-state index in [1.807, 2.05) is 0 Å². The lowest BCUT2D eigenvalue weighted by atomic mass is 9.82. The molecule has 10 aromatic carbocycles. The Morgan fingerprint density at radius 3 is 1.31 bits per heavy atom. The third-order valence-corrected chi connectivity index (χ3v) is 10.9. The summed E-state index contributed by atoms with van der Waals surface area (Å²) < 4.78 is 0. The molecule has 0 saturated carbocycles. The molecule has 0 bridgehead atoms. The Morgan fingerprint density at radius 1 is 0.185 bits per heavy atom. The average molecular weight is 685 g/mol. The second kappa shape index (κ2) is 13.5. The van der Waals surface area contributed by atoms with E-state index in [4.69, 9.17) is 0 Å². The second-order valence-electron chi connectivity index (χ2n) is 14.0. The lowest BCUT2D eigenvalue weighted by Crippen LogP contribution is -1.94. The fraction of sp³-hybridized carbons (Fsp3) is 0. The number of hydrogen-bond acceptors (Lipinski definition) is 0. The van der Waals surface area contributed by atoms with Crippen molar-refractivity contribution in [1.82, 2.24) is 0 Å². The summed E-state index contributed by atoms with van der Waals surface area (Å²) in [4.78, 5) is 0. The zero-order valence-electron chi connectivity index (χ0n) is 29.8. The summed E-state index contributed by atoms with van der Waals surface area (Å²) in [5, 5.41) is 7.54. The number of benzene rings is 10. The van der Waals surface area contributed by atoms with Crippen molar-refractivity contribution in [2.75, 3.05) is 0 Å². The maximum Gasteiger partial charge on any atom is -0.00199 e. The number of hydrogen-bond donors (Lipinski definition) is 0. The highest BCUT2D eigenvalue weighted by molar-refractivity contribution is 6.22. The van der Waals surface area contributed by atoms with E-state index < -0.39 is 0 Å². The summed E-state index contributed by atoms with van der Waals surface area (Å²) in [6.07, 6.45) is 0. The maximum absolute atomic E-state index is 2.42. The summed E-state index contributed by atoms with van der Waals surface area (Å²) in [5.41, 5.74) is 14.7. The van der Waals surface area contributed by atoms with Crippen LogP contribution >= 0.6 is 0 Å². The first-order valence-electron chi connectivity index (χ1n) is 18.7. The molecule has 0 fully saturated rings. The molecule has 0 amide bonds. The van der Waals surface area contributed by atoms with Gasteiger partial charge in [0.2, 0.25) is 0 Å². The van der Waals surface area contributed by atoms with Gasteiger partial charge in [-0.25, -0.2) is 0 Å². The van der Waals surface area contributed by atoms with Crippen molar-refractivity contribution in [3.8, 4) is 66.8 Å². The predicted octanol–water partition coefficient (Wildman–Crippen LogP) is 15.1. The van der Waals surface area contributed by atoms with Crippen molar-refractivity contribution in [1.29, 1.82) is 0 Å². The molecular weight excluding hydrogens is 649 g/mol. The van der Waals surface area contributed by atoms with Crippen LogP contribution in [-0.4, -0.2) is 0 Å². The minimum Gasteiger partial charge on any atom is -0.0622 e. The Kier molecular flexibility index (Phi) is 7.93. The molecule has 0 N–H and O–H groups in total. The van der Waals surface area contributed by atoms with E-state index >= 15 is 0 Å². The monoisotopic (exact) mass is 684 g/mol. The molecular formula is C54H36.